The van der Waals surface area contributed by atoms with E-state index < -0.39 is 0 Å². The molecule has 1 aliphatic carbocycles. The van der Waals surface area contributed by atoms with Crippen LogP contribution in [0.5, 0.6) is 0 Å². The van der Waals surface area contributed by atoms with Crippen LogP contribution in [0.25, 0.3) is 0 Å². The van der Waals surface area contributed by atoms with Crippen LogP contribution < -0.4 is 4.90 Å². The molecule has 0 saturated carbocycles. The van der Waals surface area contributed by atoms with Gasteiger partial charge in [-0.15, -0.1) is 11.3 Å². The molecule has 1 heterocycles. The molecule has 0 fully saturated rings. The average Bonchev–Trinajstić information content (AvgIpc) is 2.72. The molecule has 0 bridgehead atoms. The summed E-state index contributed by atoms with van der Waals surface area (Å²) in [6, 6.07) is 0.504. The van der Waals surface area contributed by atoms with Crippen molar-refractivity contribution in [3.8, 4) is 0 Å². The Hall–Kier alpha value is -0.610. The van der Waals surface area contributed by atoms with Gasteiger partial charge < -0.3 is 10.0 Å². The van der Waals surface area contributed by atoms with Crippen LogP contribution in [0.2, 0.25) is 0 Å². The molecule has 0 spiro atoms. The lowest BCUT2D eigenvalue weighted by Crippen LogP contribution is -2.27. The number of aliphatic hydroxyl groups excluding tert-OH is 1. The number of aliphatic hydroxyl groups is 1. The highest BCUT2D eigenvalue weighted by molar-refractivity contribution is 7.15. The number of nitrogens with zero attached hydrogens (tertiary/aromatic N) is 2. The molecular formula is C12H20N2OS. The van der Waals surface area contributed by atoms with Crippen molar-refractivity contribution in [1.82, 2.24) is 4.98 Å². The van der Waals surface area contributed by atoms with Crippen LogP contribution >= 0.6 is 11.3 Å². The first-order chi connectivity index (χ1) is 7.63. The largest absolute Gasteiger partial charge is 0.387 e. The van der Waals surface area contributed by atoms with Gasteiger partial charge in [-0.3, -0.25) is 0 Å². The van der Waals surface area contributed by atoms with Crippen LogP contribution in [0.1, 0.15) is 49.8 Å². The summed E-state index contributed by atoms with van der Waals surface area (Å²) in [7, 11) is 2.09. The third-order valence-electron chi connectivity index (χ3n) is 3.47. The van der Waals surface area contributed by atoms with Crippen LogP contribution in [0.15, 0.2) is 0 Å². The van der Waals surface area contributed by atoms with Crippen LogP contribution in [0.4, 0.5) is 5.13 Å². The minimum atomic E-state index is -0.334. The van der Waals surface area contributed by atoms with Gasteiger partial charge in [-0.25, -0.2) is 4.98 Å². The highest BCUT2D eigenvalue weighted by atomic mass is 32.1. The number of hydrogen-bond donors (Lipinski definition) is 1. The van der Waals surface area contributed by atoms with Gasteiger partial charge in [0.25, 0.3) is 0 Å². The maximum atomic E-state index is 9.88. The maximum Gasteiger partial charge on any atom is 0.185 e. The average molecular weight is 240 g/mol. The number of thiazole rings is 1. The number of fused-ring (bicyclic) bond motifs is 1. The summed E-state index contributed by atoms with van der Waals surface area (Å²) in [6.07, 6.45) is 3.81. The third-order valence-corrected chi connectivity index (χ3v) is 4.69. The van der Waals surface area contributed by atoms with E-state index in [1.165, 1.54) is 4.88 Å². The van der Waals surface area contributed by atoms with Gasteiger partial charge in [0.1, 0.15) is 0 Å². The van der Waals surface area contributed by atoms with Crippen LogP contribution in [-0.4, -0.2) is 23.2 Å². The number of anilines is 1. The fourth-order valence-corrected chi connectivity index (χ4v) is 3.22. The topological polar surface area (TPSA) is 36.4 Å². The number of aryl methyl sites for hydroxylation is 1. The Morgan fingerprint density at radius 3 is 3.00 bits per heavy atom. The Morgan fingerprint density at radius 2 is 2.38 bits per heavy atom. The van der Waals surface area contributed by atoms with E-state index in [9.17, 15) is 5.11 Å². The molecule has 0 aliphatic heterocycles. The molecular weight excluding hydrogens is 220 g/mol. The van der Waals surface area contributed by atoms with Gasteiger partial charge in [0.2, 0.25) is 0 Å². The maximum absolute atomic E-state index is 9.88. The van der Waals surface area contributed by atoms with Crippen molar-refractivity contribution in [3.63, 3.8) is 0 Å². The first-order valence-corrected chi connectivity index (χ1v) is 6.85. The summed E-state index contributed by atoms with van der Waals surface area (Å²) in [5.74, 6) is 0. The summed E-state index contributed by atoms with van der Waals surface area (Å²) >= 11 is 1.75. The Labute approximate surface area is 101 Å². The molecule has 0 saturated heterocycles. The van der Waals surface area contributed by atoms with E-state index in [-0.39, 0.29) is 6.10 Å². The molecule has 4 heteroatoms. The van der Waals surface area contributed by atoms with Gasteiger partial charge >= 0.3 is 0 Å². The first-order valence-electron chi connectivity index (χ1n) is 6.04. The van der Waals surface area contributed by atoms with E-state index in [1.807, 2.05) is 0 Å². The van der Waals surface area contributed by atoms with Crippen LogP contribution in [0, 0.1) is 0 Å². The third kappa shape index (κ3) is 2.09. The van der Waals surface area contributed by atoms with E-state index in [0.29, 0.717) is 6.04 Å². The second-order valence-corrected chi connectivity index (χ2v) is 5.64. The van der Waals surface area contributed by atoms with Crippen LogP contribution in [0.3, 0.4) is 0 Å². The minimum absolute atomic E-state index is 0.334. The van der Waals surface area contributed by atoms with Crippen molar-refractivity contribution in [3.05, 3.63) is 10.6 Å². The molecule has 1 aromatic rings. The van der Waals surface area contributed by atoms with E-state index in [2.05, 4.69) is 30.8 Å². The highest BCUT2D eigenvalue weighted by Gasteiger charge is 2.24. The lowest BCUT2D eigenvalue weighted by Gasteiger charge is -2.22. The molecule has 0 radical (unpaired) electrons. The van der Waals surface area contributed by atoms with Gasteiger partial charge in [0, 0.05) is 18.0 Å². The first kappa shape index (κ1) is 11.9. The lowest BCUT2D eigenvalue weighted by molar-refractivity contribution is 0.153. The summed E-state index contributed by atoms with van der Waals surface area (Å²) in [5.41, 5.74) is 0.932. The summed E-state index contributed by atoms with van der Waals surface area (Å²) < 4.78 is 0. The Bertz CT molecular complexity index is 364. The van der Waals surface area contributed by atoms with Crippen molar-refractivity contribution in [2.75, 3.05) is 11.9 Å². The van der Waals surface area contributed by atoms with E-state index in [4.69, 9.17) is 0 Å². The Kier molecular flexibility index (Phi) is 3.50. The number of rotatable bonds is 3. The monoisotopic (exact) mass is 240 g/mol. The zero-order valence-corrected chi connectivity index (χ0v) is 11.0. The zero-order valence-electron chi connectivity index (χ0n) is 10.2. The van der Waals surface area contributed by atoms with Crippen molar-refractivity contribution >= 4 is 16.5 Å². The molecule has 2 atom stereocenters. The van der Waals surface area contributed by atoms with E-state index in [0.717, 1.165) is 36.5 Å². The lowest BCUT2D eigenvalue weighted by atomic mass is 10.0. The van der Waals surface area contributed by atoms with Gasteiger partial charge in [-0.1, -0.05) is 6.92 Å². The van der Waals surface area contributed by atoms with Crippen LogP contribution in [-0.2, 0) is 6.42 Å². The molecule has 2 rings (SSSR count). The highest BCUT2D eigenvalue weighted by Crippen LogP contribution is 2.36. The second-order valence-electron chi connectivity index (χ2n) is 4.58. The zero-order chi connectivity index (χ0) is 11.7. The number of aromatic nitrogens is 1. The predicted octanol–water partition coefficient (Wildman–Crippen LogP) is 2.75. The number of hydrogen-bond acceptors (Lipinski definition) is 4. The quantitative estimate of drug-likeness (QED) is 0.882. The second kappa shape index (κ2) is 4.72. The Balaban J connectivity index is 2.24. The molecule has 2 unspecified atom stereocenters. The molecule has 3 nitrogen and oxygen atoms in total. The summed E-state index contributed by atoms with van der Waals surface area (Å²) in [6.45, 7) is 4.39. The van der Waals surface area contributed by atoms with Crippen molar-refractivity contribution in [2.24, 2.45) is 0 Å². The standard InChI is InChI=1S/C12H20N2OS/c1-4-8(2)14(3)12-13-11-9(15)6-5-7-10(11)16-12/h8-9,15H,4-7H2,1-3H3. The van der Waals surface area contributed by atoms with Crippen molar-refractivity contribution in [2.45, 2.75) is 51.7 Å². The van der Waals surface area contributed by atoms with Gasteiger partial charge in [0.15, 0.2) is 5.13 Å². The SMILES string of the molecule is CCC(C)N(C)c1nc2c(s1)CCCC2O. The fourth-order valence-electron chi connectivity index (χ4n) is 2.00. The van der Waals surface area contributed by atoms with Crippen molar-refractivity contribution in [1.29, 1.82) is 0 Å². The van der Waals surface area contributed by atoms with Gasteiger partial charge in [-0.2, -0.15) is 0 Å². The van der Waals surface area contributed by atoms with Crippen molar-refractivity contribution < 1.29 is 5.11 Å². The molecule has 0 aromatic carbocycles. The molecule has 1 aromatic heterocycles. The predicted molar refractivity (Wildman–Crippen MR) is 68.2 cm³/mol. The van der Waals surface area contributed by atoms with E-state index in [1.54, 1.807) is 11.3 Å². The molecule has 1 aliphatic rings. The van der Waals surface area contributed by atoms with Gasteiger partial charge in [0.05, 0.1) is 11.8 Å². The van der Waals surface area contributed by atoms with E-state index >= 15 is 0 Å². The summed E-state index contributed by atoms with van der Waals surface area (Å²) in [4.78, 5) is 8.09. The Morgan fingerprint density at radius 1 is 1.62 bits per heavy atom. The molecule has 0 amide bonds. The van der Waals surface area contributed by atoms with Gasteiger partial charge in [-0.05, 0) is 32.6 Å². The molecule has 16 heavy (non-hydrogen) atoms. The normalized spacial score (nSPS) is 21.6. The smallest absolute Gasteiger partial charge is 0.185 e. The molecule has 90 valence electrons. The molecule has 1 N–H and O–H groups in total. The summed E-state index contributed by atoms with van der Waals surface area (Å²) in [5, 5.41) is 10.9. The fraction of sp³-hybridized carbons (Fsp3) is 0.750. The minimum Gasteiger partial charge on any atom is -0.387 e.